The Balaban J connectivity index is 5.26. The Labute approximate surface area is 568 Å². The van der Waals surface area contributed by atoms with Gasteiger partial charge in [0.25, 0.3) is 0 Å². The summed E-state index contributed by atoms with van der Waals surface area (Å²) in [6, 6.07) is 0. The van der Waals surface area contributed by atoms with Gasteiger partial charge in [-0.05, 0) is 43.4 Å². The second kappa shape index (κ2) is 64.7. The van der Waals surface area contributed by atoms with Gasteiger partial charge >= 0.3 is 39.5 Å². The summed E-state index contributed by atoms with van der Waals surface area (Å²) in [7, 11) is -9.91. The number of hydrogen-bond donors (Lipinski definition) is 3. The summed E-state index contributed by atoms with van der Waals surface area (Å²) in [6.45, 7) is 11.9. The van der Waals surface area contributed by atoms with Crippen molar-refractivity contribution in [1.82, 2.24) is 0 Å². The van der Waals surface area contributed by atoms with Crippen molar-refractivity contribution in [3.05, 3.63) is 0 Å². The van der Waals surface area contributed by atoms with Gasteiger partial charge in [0.1, 0.15) is 19.3 Å². The predicted molar refractivity (Wildman–Crippen MR) is 377 cm³/mol. The molecule has 4 unspecified atom stereocenters. The molecule has 3 N–H and O–H groups in total. The van der Waals surface area contributed by atoms with E-state index in [9.17, 15) is 43.2 Å². The zero-order chi connectivity index (χ0) is 68.7. The number of rotatable bonds is 72. The Morgan fingerprint density at radius 3 is 0.817 bits per heavy atom. The second-order valence-corrected chi connectivity index (χ2v) is 30.6. The topological polar surface area (TPSA) is 237 Å². The van der Waals surface area contributed by atoms with E-state index in [4.69, 9.17) is 37.0 Å². The van der Waals surface area contributed by atoms with Crippen LogP contribution in [-0.2, 0) is 65.4 Å². The number of aliphatic hydroxyl groups excluding tert-OH is 1. The normalized spacial score (nSPS) is 14.7. The molecule has 0 aliphatic heterocycles. The van der Waals surface area contributed by atoms with Gasteiger partial charge in [-0.3, -0.25) is 37.3 Å². The van der Waals surface area contributed by atoms with Crippen LogP contribution in [0.25, 0.3) is 0 Å². The number of phosphoric acid groups is 2. The van der Waals surface area contributed by atoms with Crippen molar-refractivity contribution in [1.29, 1.82) is 0 Å². The molecule has 0 aromatic heterocycles. The van der Waals surface area contributed by atoms with Crippen LogP contribution >= 0.6 is 15.6 Å². The van der Waals surface area contributed by atoms with Crippen LogP contribution < -0.4 is 0 Å². The number of phosphoric ester groups is 2. The van der Waals surface area contributed by atoms with E-state index >= 15 is 0 Å². The van der Waals surface area contributed by atoms with E-state index in [2.05, 4.69) is 48.5 Å². The molecule has 7 atom stereocenters. The molecule has 0 aliphatic rings. The molecule has 0 bridgehead atoms. The average molecular weight is 1370 g/mol. The quantitative estimate of drug-likeness (QED) is 0.0222. The van der Waals surface area contributed by atoms with Crippen molar-refractivity contribution in [3.63, 3.8) is 0 Å². The molecule has 0 aromatic carbocycles. The number of hydrogen-bond acceptors (Lipinski definition) is 15. The number of ether oxygens (including phenoxy) is 4. The first-order valence-corrected chi connectivity index (χ1v) is 41.4. The lowest BCUT2D eigenvalue weighted by Crippen LogP contribution is -2.30. The van der Waals surface area contributed by atoms with Crippen molar-refractivity contribution in [2.24, 2.45) is 17.8 Å². The summed E-state index contributed by atoms with van der Waals surface area (Å²) < 4.78 is 68.5. The lowest BCUT2D eigenvalue weighted by atomic mass is 9.99. The van der Waals surface area contributed by atoms with Crippen LogP contribution in [0.1, 0.15) is 376 Å². The van der Waals surface area contributed by atoms with E-state index < -0.39 is 97.5 Å². The monoisotopic (exact) mass is 1370 g/mol. The molecule has 93 heavy (non-hydrogen) atoms. The highest BCUT2D eigenvalue weighted by Gasteiger charge is 2.30. The van der Waals surface area contributed by atoms with E-state index in [0.29, 0.717) is 25.7 Å². The minimum Gasteiger partial charge on any atom is -0.462 e. The van der Waals surface area contributed by atoms with Crippen molar-refractivity contribution in [3.8, 4) is 0 Å². The van der Waals surface area contributed by atoms with Gasteiger partial charge in [0.15, 0.2) is 12.2 Å². The van der Waals surface area contributed by atoms with E-state index in [1.807, 2.05) is 0 Å². The Kier molecular flexibility index (Phi) is 63.4. The highest BCUT2D eigenvalue weighted by Crippen LogP contribution is 2.45. The van der Waals surface area contributed by atoms with Crippen LogP contribution in [0.2, 0.25) is 0 Å². The summed E-state index contributed by atoms with van der Waals surface area (Å²) in [4.78, 5) is 72.7. The summed E-state index contributed by atoms with van der Waals surface area (Å²) >= 11 is 0. The molecule has 0 rings (SSSR count). The Bertz CT molecular complexity index is 1820. The molecule has 0 spiro atoms. The molecule has 17 nitrogen and oxygen atoms in total. The van der Waals surface area contributed by atoms with Crippen LogP contribution in [0.5, 0.6) is 0 Å². The van der Waals surface area contributed by atoms with Gasteiger partial charge < -0.3 is 33.8 Å². The van der Waals surface area contributed by atoms with Crippen LogP contribution in [0.15, 0.2) is 0 Å². The zero-order valence-electron chi connectivity index (χ0n) is 60.7. The minimum atomic E-state index is -4.96. The van der Waals surface area contributed by atoms with Gasteiger partial charge in [-0.2, -0.15) is 0 Å². The van der Waals surface area contributed by atoms with Crippen LogP contribution in [0.3, 0.4) is 0 Å². The molecule has 0 saturated heterocycles. The number of esters is 4. The standard InChI is InChI=1S/C74H144O17P2/c1-8-11-12-13-14-15-16-22-29-34-43-50-57-73(78)91-70(62-85-72(77)56-49-42-37-36-40-47-54-67(7)10-3)64-89-93(82,83)87-60-68(75)59-86-92(80,81)88-63-69(61-84-71(76)55-48-41-33-28-25-24-27-32-39-46-53-66(6)9-2)90-74(79)58-51-44-35-30-23-20-18-17-19-21-26-31-38-45-52-65(4)5/h65-70,75H,8-64H2,1-7H3,(H,80,81)(H,82,83)/t66?,67?,68-,69-,70-/m1/s1. The summed E-state index contributed by atoms with van der Waals surface area (Å²) in [5.74, 6) is 0.216. The molecule has 0 saturated carbocycles. The van der Waals surface area contributed by atoms with Crippen LogP contribution in [0.4, 0.5) is 0 Å². The molecular formula is C74H144O17P2. The molecule has 0 fully saturated rings. The molecule has 0 aliphatic carbocycles. The number of unbranched alkanes of at least 4 members (excludes halogenated alkanes) is 38. The highest BCUT2D eigenvalue weighted by molar-refractivity contribution is 7.47. The number of aliphatic hydroxyl groups is 1. The zero-order valence-corrected chi connectivity index (χ0v) is 62.5. The van der Waals surface area contributed by atoms with E-state index in [1.165, 1.54) is 180 Å². The maximum Gasteiger partial charge on any atom is 0.472 e. The first kappa shape index (κ1) is 91.1. The SMILES string of the molecule is CCCCCCCCCCCCCCC(=O)O[C@H](COC(=O)CCCCCCCCC(C)CC)COP(=O)(O)OC[C@H](O)COP(=O)(O)OC[C@@H](COC(=O)CCCCCCCCCCCCC(C)CC)OC(=O)CCCCCCCCCCCCCCCCC(C)C. The molecule has 0 aromatic rings. The average Bonchev–Trinajstić information content (AvgIpc) is 2.50. The first-order chi connectivity index (χ1) is 44.8. The third-order valence-corrected chi connectivity index (χ3v) is 19.8. The van der Waals surface area contributed by atoms with Crippen LogP contribution in [0, 0.1) is 17.8 Å². The number of carbonyl (C=O) groups is 4. The maximum absolute atomic E-state index is 13.1. The molecule has 0 amide bonds. The van der Waals surface area contributed by atoms with Crippen molar-refractivity contribution in [2.45, 2.75) is 394 Å². The van der Waals surface area contributed by atoms with E-state index in [0.717, 1.165) is 114 Å². The Morgan fingerprint density at radius 1 is 0.312 bits per heavy atom. The summed E-state index contributed by atoms with van der Waals surface area (Å²) in [5, 5.41) is 10.6. The second-order valence-electron chi connectivity index (χ2n) is 27.6. The maximum atomic E-state index is 13.1. The lowest BCUT2D eigenvalue weighted by Gasteiger charge is -2.21. The van der Waals surface area contributed by atoms with Gasteiger partial charge in [-0.15, -0.1) is 0 Å². The van der Waals surface area contributed by atoms with Crippen LogP contribution in [-0.4, -0.2) is 96.7 Å². The molecule has 0 radical (unpaired) electrons. The van der Waals surface area contributed by atoms with Gasteiger partial charge in [-0.25, -0.2) is 9.13 Å². The number of carbonyl (C=O) groups excluding carboxylic acids is 4. The fourth-order valence-corrected chi connectivity index (χ4v) is 12.8. The minimum absolute atomic E-state index is 0.106. The van der Waals surface area contributed by atoms with Crippen molar-refractivity contribution < 1.29 is 80.2 Å². The fourth-order valence-electron chi connectivity index (χ4n) is 11.2. The third kappa shape index (κ3) is 65.8. The van der Waals surface area contributed by atoms with Gasteiger partial charge in [0.05, 0.1) is 26.4 Å². The molecule has 552 valence electrons. The Hall–Kier alpha value is -1.94. The van der Waals surface area contributed by atoms with Crippen molar-refractivity contribution >= 4 is 39.5 Å². The highest BCUT2D eigenvalue weighted by atomic mass is 31.2. The van der Waals surface area contributed by atoms with E-state index in [1.54, 1.807) is 0 Å². The molecule has 0 heterocycles. The summed E-state index contributed by atoms with van der Waals surface area (Å²) in [6.07, 6.45) is 49.8. The molecular weight excluding hydrogens is 1220 g/mol. The first-order valence-electron chi connectivity index (χ1n) is 38.4. The predicted octanol–water partition coefficient (Wildman–Crippen LogP) is 21.4. The van der Waals surface area contributed by atoms with E-state index in [-0.39, 0.29) is 25.7 Å². The van der Waals surface area contributed by atoms with Gasteiger partial charge in [0.2, 0.25) is 0 Å². The Morgan fingerprint density at radius 2 is 0.548 bits per heavy atom. The van der Waals surface area contributed by atoms with Crippen molar-refractivity contribution in [2.75, 3.05) is 39.6 Å². The smallest absolute Gasteiger partial charge is 0.462 e. The largest absolute Gasteiger partial charge is 0.472 e. The summed E-state index contributed by atoms with van der Waals surface area (Å²) in [5.41, 5.74) is 0. The van der Waals surface area contributed by atoms with Gasteiger partial charge in [-0.1, -0.05) is 325 Å². The fraction of sp³-hybridized carbons (Fsp3) is 0.946. The third-order valence-electron chi connectivity index (χ3n) is 17.9. The van der Waals surface area contributed by atoms with Gasteiger partial charge in [0, 0.05) is 25.7 Å². The molecule has 19 heteroatoms. The lowest BCUT2D eigenvalue weighted by molar-refractivity contribution is -0.161.